The third-order valence-electron chi connectivity index (χ3n) is 4.64. The van der Waals surface area contributed by atoms with Crippen molar-refractivity contribution in [2.24, 2.45) is 4.99 Å². The quantitative estimate of drug-likeness (QED) is 0.287. The van der Waals surface area contributed by atoms with Crippen LogP contribution in [0.4, 0.5) is 0 Å². The van der Waals surface area contributed by atoms with E-state index in [0.717, 1.165) is 19.3 Å². The van der Waals surface area contributed by atoms with E-state index in [2.05, 4.69) is 49.9 Å². The number of alkyl halides is 2. The molecule has 0 bridgehead atoms. The maximum absolute atomic E-state index is 4.72. The molecule has 24 heavy (non-hydrogen) atoms. The van der Waals surface area contributed by atoms with Crippen LogP contribution >= 0.6 is 19.8 Å². The van der Waals surface area contributed by atoms with E-state index in [-0.39, 0.29) is 0 Å². The van der Waals surface area contributed by atoms with Gasteiger partial charge in [0.15, 0.2) is 0 Å². The van der Waals surface area contributed by atoms with Gasteiger partial charge in [0.25, 0.3) is 0 Å². The molecule has 0 fully saturated rings. The van der Waals surface area contributed by atoms with Gasteiger partial charge < -0.3 is 0 Å². The van der Waals surface area contributed by atoms with E-state index in [0.29, 0.717) is 0 Å². The van der Waals surface area contributed by atoms with Gasteiger partial charge in [-0.3, -0.25) is 0 Å². The van der Waals surface area contributed by atoms with E-state index in [4.69, 9.17) is 4.99 Å². The average Bonchev–Trinajstić information content (AvgIpc) is 2.60. The zero-order chi connectivity index (χ0) is 16.8. The summed E-state index contributed by atoms with van der Waals surface area (Å²) < 4.78 is 4.13. The van der Waals surface area contributed by atoms with Gasteiger partial charge in [0.2, 0.25) is 0 Å². The molecule has 3 rings (SSSR count). The summed E-state index contributed by atoms with van der Waals surface area (Å²) in [5, 5.41) is 0. The summed E-state index contributed by atoms with van der Waals surface area (Å²) in [6, 6.07) is 9.07. The number of nitrogens with zero attached hydrogens (tertiary/aromatic N) is 1. The number of rotatable bonds is 4. The normalized spacial score (nSPS) is 20.0. The molecule has 1 aromatic carbocycles. The standard InChI is InChI=1S/C22H28IN/c1-3-16-24-22-14-7-6-13-21(22)18(2)23-15-9-8-11-19-10-4-5-12-20(19)17-23/h4-5,10,12-14,16H,2-3,6-9,11,15,17H2,1H3. The summed E-state index contributed by atoms with van der Waals surface area (Å²) in [6.07, 6.45) is 13.9. The van der Waals surface area contributed by atoms with Gasteiger partial charge in [-0.05, 0) is 0 Å². The molecule has 0 saturated heterocycles. The fourth-order valence-electron chi connectivity index (χ4n) is 3.31. The number of fused-ring (bicyclic) bond motifs is 1. The topological polar surface area (TPSA) is 12.4 Å². The monoisotopic (exact) mass is 433 g/mol. The molecule has 0 aromatic heterocycles. The van der Waals surface area contributed by atoms with E-state index >= 15 is 0 Å². The number of hydrogen-bond donors (Lipinski definition) is 0. The van der Waals surface area contributed by atoms with Crippen molar-refractivity contribution in [2.75, 3.05) is 4.43 Å². The summed E-state index contributed by atoms with van der Waals surface area (Å²) in [6.45, 7) is 6.74. The van der Waals surface area contributed by atoms with E-state index in [1.165, 1.54) is 43.0 Å². The summed E-state index contributed by atoms with van der Waals surface area (Å²) in [4.78, 5) is 4.72. The summed E-state index contributed by atoms with van der Waals surface area (Å²) >= 11 is -1.26. The number of aryl methyl sites for hydroxylation is 1. The zero-order valence-corrected chi connectivity index (χ0v) is 16.9. The Morgan fingerprint density at radius 1 is 1.17 bits per heavy atom. The second kappa shape index (κ2) is 8.80. The molecule has 0 unspecified atom stereocenters. The van der Waals surface area contributed by atoms with Crippen molar-refractivity contribution in [3.05, 3.63) is 69.0 Å². The molecule has 128 valence electrons. The van der Waals surface area contributed by atoms with E-state index in [1.54, 1.807) is 11.1 Å². The van der Waals surface area contributed by atoms with Gasteiger partial charge >= 0.3 is 154 Å². The van der Waals surface area contributed by atoms with Gasteiger partial charge in [0, 0.05) is 0 Å². The Morgan fingerprint density at radius 3 is 2.79 bits per heavy atom. The Kier molecular flexibility index (Phi) is 6.47. The van der Waals surface area contributed by atoms with Gasteiger partial charge in [-0.15, -0.1) is 0 Å². The first kappa shape index (κ1) is 17.7. The van der Waals surface area contributed by atoms with Crippen LogP contribution in [0.15, 0.2) is 62.8 Å². The molecular weight excluding hydrogens is 405 g/mol. The number of hydrogen-bond acceptors (Lipinski definition) is 1. The van der Waals surface area contributed by atoms with Crippen LogP contribution in [0.1, 0.15) is 50.2 Å². The van der Waals surface area contributed by atoms with Crippen LogP contribution in [0.25, 0.3) is 0 Å². The molecule has 0 amide bonds. The molecule has 1 aliphatic heterocycles. The molecular formula is C22H28IN. The van der Waals surface area contributed by atoms with Crippen LogP contribution in [-0.4, -0.2) is 10.6 Å². The summed E-state index contributed by atoms with van der Waals surface area (Å²) in [7, 11) is 0. The van der Waals surface area contributed by atoms with Crippen LogP contribution < -0.4 is 0 Å². The number of allylic oxidation sites excluding steroid dienone is 3. The first-order chi connectivity index (χ1) is 11.8. The van der Waals surface area contributed by atoms with E-state index in [9.17, 15) is 0 Å². The van der Waals surface area contributed by atoms with Gasteiger partial charge in [-0.1, -0.05) is 0 Å². The van der Waals surface area contributed by atoms with Crippen LogP contribution in [0.3, 0.4) is 0 Å². The van der Waals surface area contributed by atoms with Crippen LogP contribution in [0.5, 0.6) is 0 Å². The van der Waals surface area contributed by atoms with Crippen molar-refractivity contribution in [3.63, 3.8) is 0 Å². The molecule has 1 nitrogen and oxygen atoms in total. The van der Waals surface area contributed by atoms with Crippen molar-refractivity contribution in [1.82, 2.24) is 0 Å². The fraction of sp³-hybridized carbons (Fsp3) is 0.409. The predicted octanol–water partition coefficient (Wildman–Crippen LogP) is 6.63. The van der Waals surface area contributed by atoms with Gasteiger partial charge in [-0.25, -0.2) is 0 Å². The molecule has 0 saturated carbocycles. The van der Waals surface area contributed by atoms with Crippen molar-refractivity contribution in [2.45, 2.75) is 49.9 Å². The summed E-state index contributed by atoms with van der Waals surface area (Å²) in [5.74, 6) is 0. The van der Waals surface area contributed by atoms with Gasteiger partial charge in [-0.2, -0.15) is 0 Å². The Balaban J connectivity index is 1.82. The minimum absolute atomic E-state index is 0.993. The third kappa shape index (κ3) is 4.27. The minimum atomic E-state index is -1.26. The molecule has 1 aliphatic carbocycles. The Labute approximate surface area is 154 Å². The zero-order valence-electron chi connectivity index (χ0n) is 14.7. The van der Waals surface area contributed by atoms with Crippen molar-refractivity contribution in [1.29, 1.82) is 0 Å². The number of benzene rings is 1. The molecule has 1 heterocycles. The Hall–Kier alpha value is -1.16. The second-order valence-electron chi connectivity index (χ2n) is 6.41. The first-order valence-electron chi connectivity index (χ1n) is 9.10. The average molecular weight is 433 g/mol. The van der Waals surface area contributed by atoms with Gasteiger partial charge in [0.05, 0.1) is 0 Å². The number of halogens is 1. The molecule has 0 atom stereocenters. The molecule has 0 radical (unpaired) electrons. The molecule has 1 aromatic rings. The predicted molar refractivity (Wildman–Crippen MR) is 115 cm³/mol. The van der Waals surface area contributed by atoms with E-state index < -0.39 is 19.8 Å². The third-order valence-corrected chi connectivity index (χ3v) is 10.9. The molecule has 0 spiro atoms. The van der Waals surface area contributed by atoms with E-state index in [1.807, 2.05) is 6.21 Å². The van der Waals surface area contributed by atoms with Crippen molar-refractivity contribution >= 4 is 26.0 Å². The summed E-state index contributed by atoms with van der Waals surface area (Å²) in [5.41, 5.74) is 5.71. The molecule has 0 N–H and O–H groups in total. The SMILES string of the molecule is C=C(C1=CCCC=C1N=CCC)I1CCCCc2ccccc2C1. The Bertz CT molecular complexity index is 681. The second-order valence-corrected chi connectivity index (χ2v) is 12.2. The Morgan fingerprint density at radius 2 is 1.96 bits per heavy atom. The van der Waals surface area contributed by atoms with Crippen molar-refractivity contribution < 1.29 is 0 Å². The number of aliphatic imine (C=N–C) groups is 1. The van der Waals surface area contributed by atoms with Crippen LogP contribution in [-0.2, 0) is 10.8 Å². The van der Waals surface area contributed by atoms with Gasteiger partial charge in [0.1, 0.15) is 0 Å². The first-order valence-corrected chi connectivity index (χ1v) is 13.2. The van der Waals surface area contributed by atoms with Crippen LogP contribution in [0.2, 0.25) is 0 Å². The van der Waals surface area contributed by atoms with Crippen molar-refractivity contribution in [3.8, 4) is 0 Å². The molecule has 2 heteroatoms. The fourth-order valence-corrected chi connectivity index (χ4v) is 9.31. The molecule has 2 aliphatic rings. The van der Waals surface area contributed by atoms with Crippen LogP contribution in [0, 0.1) is 0 Å². The maximum atomic E-state index is 4.72.